The number of methoxy groups -OCH3 is 2. The Balaban J connectivity index is 0.00000320. The highest BCUT2D eigenvalue weighted by Gasteiger charge is 2.21. The van der Waals surface area contributed by atoms with Gasteiger partial charge in [0.25, 0.3) is 5.91 Å². The van der Waals surface area contributed by atoms with E-state index in [4.69, 9.17) is 15.2 Å². The van der Waals surface area contributed by atoms with E-state index in [0.29, 0.717) is 41.3 Å². The molecule has 0 aliphatic rings. The maximum Gasteiger partial charge on any atom is 0.255 e. The van der Waals surface area contributed by atoms with Crippen LogP contribution in [0.3, 0.4) is 0 Å². The van der Waals surface area contributed by atoms with Crippen molar-refractivity contribution in [3.8, 4) is 28.4 Å². The van der Waals surface area contributed by atoms with Crippen molar-refractivity contribution in [3.63, 3.8) is 0 Å². The summed E-state index contributed by atoms with van der Waals surface area (Å²) in [6.07, 6.45) is 2.43. The van der Waals surface area contributed by atoms with Gasteiger partial charge in [0.05, 0.1) is 25.5 Å². The second-order valence-corrected chi connectivity index (χ2v) is 6.76. The molecular formula is C22H27ClN4O3. The molecule has 2 aromatic carbocycles. The van der Waals surface area contributed by atoms with Crippen LogP contribution in [-0.2, 0) is 0 Å². The number of carbonyl (C=O) groups is 1. The van der Waals surface area contributed by atoms with Crippen LogP contribution in [-0.4, -0.2) is 42.5 Å². The Kier molecular flexibility index (Phi) is 8.26. The van der Waals surface area contributed by atoms with Gasteiger partial charge in [-0.05, 0) is 37.6 Å². The summed E-state index contributed by atoms with van der Waals surface area (Å²) in [6, 6.07) is 15.1. The number of hydrogen-bond acceptors (Lipinski definition) is 5. The predicted octanol–water partition coefficient (Wildman–Crippen LogP) is 3.45. The van der Waals surface area contributed by atoms with E-state index in [1.807, 2.05) is 49.4 Å². The number of halogens is 1. The van der Waals surface area contributed by atoms with Crippen molar-refractivity contribution in [2.45, 2.75) is 19.4 Å². The number of nitrogens with zero attached hydrogens (tertiary/aromatic N) is 2. The van der Waals surface area contributed by atoms with E-state index in [0.717, 1.165) is 5.69 Å². The Morgan fingerprint density at radius 3 is 2.53 bits per heavy atom. The number of para-hydroxylation sites is 1. The second kappa shape index (κ2) is 10.7. The summed E-state index contributed by atoms with van der Waals surface area (Å²) in [4.78, 5) is 12.9. The van der Waals surface area contributed by atoms with Gasteiger partial charge in [-0.1, -0.05) is 18.2 Å². The Bertz CT molecular complexity index is 974. The summed E-state index contributed by atoms with van der Waals surface area (Å²) >= 11 is 0. The molecule has 7 nitrogen and oxygen atoms in total. The van der Waals surface area contributed by atoms with E-state index < -0.39 is 0 Å². The molecule has 160 valence electrons. The maximum absolute atomic E-state index is 12.9. The van der Waals surface area contributed by atoms with E-state index in [2.05, 4.69) is 10.4 Å². The molecule has 0 spiro atoms. The van der Waals surface area contributed by atoms with Gasteiger partial charge in [-0.25, -0.2) is 4.68 Å². The van der Waals surface area contributed by atoms with Crippen LogP contribution in [0, 0.1) is 0 Å². The van der Waals surface area contributed by atoms with Crippen LogP contribution in [0.2, 0.25) is 0 Å². The molecule has 3 aromatic rings. The Labute approximate surface area is 182 Å². The van der Waals surface area contributed by atoms with Crippen molar-refractivity contribution in [3.05, 3.63) is 60.3 Å². The van der Waals surface area contributed by atoms with Crippen LogP contribution in [0.1, 0.15) is 23.7 Å². The lowest BCUT2D eigenvalue weighted by Crippen LogP contribution is -2.29. The van der Waals surface area contributed by atoms with Gasteiger partial charge in [-0.15, -0.1) is 12.4 Å². The number of rotatable bonds is 8. The van der Waals surface area contributed by atoms with Crippen molar-refractivity contribution < 1.29 is 14.3 Å². The van der Waals surface area contributed by atoms with E-state index in [-0.39, 0.29) is 24.4 Å². The van der Waals surface area contributed by atoms with Crippen LogP contribution in [0.5, 0.6) is 11.5 Å². The third kappa shape index (κ3) is 5.31. The molecule has 1 heterocycles. The second-order valence-electron chi connectivity index (χ2n) is 6.76. The largest absolute Gasteiger partial charge is 0.497 e. The fourth-order valence-corrected chi connectivity index (χ4v) is 2.95. The van der Waals surface area contributed by atoms with Crippen LogP contribution in [0.15, 0.2) is 54.7 Å². The fraction of sp³-hybridized carbons (Fsp3) is 0.273. The van der Waals surface area contributed by atoms with Gasteiger partial charge in [0.2, 0.25) is 0 Å². The third-order valence-electron chi connectivity index (χ3n) is 4.53. The zero-order valence-corrected chi connectivity index (χ0v) is 18.1. The number of carbonyl (C=O) groups excluding carboxylic acids is 1. The van der Waals surface area contributed by atoms with E-state index in [9.17, 15) is 4.79 Å². The van der Waals surface area contributed by atoms with Gasteiger partial charge >= 0.3 is 0 Å². The molecule has 8 heteroatoms. The van der Waals surface area contributed by atoms with Gasteiger partial charge in [0.1, 0.15) is 17.2 Å². The number of benzene rings is 2. The molecule has 3 rings (SSSR count). The lowest BCUT2D eigenvalue weighted by atomic mass is 10.1. The number of nitrogens with one attached hydrogen (secondary N) is 1. The first-order valence-electron chi connectivity index (χ1n) is 9.44. The molecular weight excluding hydrogens is 404 g/mol. The molecule has 0 aliphatic carbocycles. The molecule has 1 amide bonds. The monoisotopic (exact) mass is 430 g/mol. The van der Waals surface area contributed by atoms with Crippen LogP contribution >= 0.6 is 12.4 Å². The number of ether oxygens (including phenoxy) is 2. The smallest absolute Gasteiger partial charge is 0.255 e. The summed E-state index contributed by atoms with van der Waals surface area (Å²) in [6.45, 7) is 2.40. The summed E-state index contributed by atoms with van der Waals surface area (Å²) in [7, 11) is 3.17. The lowest BCUT2D eigenvalue weighted by molar-refractivity contribution is 0.0953. The van der Waals surface area contributed by atoms with Crippen molar-refractivity contribution in [2.75, 3.05) is 20.8 Å². The van der Waals surface area contributed by atoms with Gasteiger partial charge in [-0.2, -0.15) is 5.10 Å². The lowest BCUT2D eigenvalue weighted by Gasteiger charge is -2.11. The van der Waals surface area contributed by atoms with E-state index in [1.165, 1.54) is 0 Å². The number of amides is 1. The molecule has 1 unspecified atom stereocenters. The van der Waals surface area contributed by atoms with Gasteiger partial charge in [0, 0.05) is 30.4 Å². The first-order valence-corrected chi connectivity index (χ1v) is 9.44. The fourth-order valence-electron chi connectivity index (χ4n) is 2.95. The molecule has 0 fully saturated rings. The first-order chi connectivity index (χ1) is 14.0. The average Bonchev–Trinajstić information content (AvgIpc) is 3.19. The molecule has 1 atom stereocenters. The van der Waals surface area contributed by atoms with Crippen molar-refractivity contribution >= 4 is 18.3 Å². The maximum atomic E-state index is 12.9. The van der Waals surface area contributed by atoms with Crippen molar-refractivity contribution in [1.82, 2.24) is 15.1 Å². The summed E-state index contributed by atoms with van der Waals surface area (Å²) < 4.78 is 12.5. The molecule has 0 aliphatic heterocycles. The Morgan fingerprint density at radius 1 is 1.17 bits per heavy atom. The molecule has 1 aromatic heterocycles. The van der Waals surface area contributed by atoms with Crippen molar-refractivity contribution in [2.24, 2.45) is 5.73 Å². The van der Waals surface area contributed by atoms with Crippen LogP contribution in [0.25, 0.3) is 16.9 Å². The molecule has 0 saturated carbocycles. The number of hydrogen-bond donors (Lipinski definition) is 2. The minimum Gasteiger partial charge on any atom is -0.497 e. The van der Waals surface area contributed by atoms with Gasteiger partial charge in [0.15, 0.2) is 0 Å². The van der Waals surface area contributed by atoms with E-state index >= 15 is 0 Å². The topological polar surface area (TPSA) is 91.4 Å². The normalized spacial score (nSPS) is 11.3. The Hall–Kier alpha value is -3.03. The molecule has 0 radical (unpaired) electrons. The van der Waals surface area contributed by atoms with E-state index in [1.54, 1.807) is 31.2 Å². The minimum absolute atomic E-state index is 0. The molecule has 30 heavy (non-hydrogen) atoms. The predicted molar refractivity (Wildman–Crippen MR) is 120 cm³/mol. The van der Waals surface area contributed by atoms with Crippen LogP contribution in [0.4, 0.5) is 0 Å². The standard InChI is InChI=1S/C22H26N4O3.ClH/c1-15(23)11-12-24-22(27)19-14-26(16-7-5-4-6-8-16)25-21(19)18-10-9-17(28-2)13-20(18)29-3;/h4-10,13-15H,11-12,23H2,1-3H3,(H,24,27);1H. The number of aromatic nitrogens is 2. The summed E-state index contributed by atoms with van der Waals surface area (Å²) in [5, 5.41) is 7.62. The summed E-state index contributed by atoms with van der Waals surface area (Å²) in [5.41, 5.74) is 8.35. The van der Waals surface area contributed by atoms with Gasteiger partial charge in [-0.3, -0.25) is 4.79 Å². The highest BCUT2D eigenvalue weighted by Crippen LogP contribution is 2.34. The number of nitrogens with two attached hydrogens (primary N) is 1. The Morgan fingerprint density at radius 2 is 1.90 bits per heavy atom. The molecule has 3 N–H and O–H groups in total. The zero-order chi connectivity index (χ0) is 20.8. The SMILES string of the molecule is COc1ccc(-c2nn(-c3ccccc3)cc2C(=O)NCCC(C)N)c(OC)c1.Cl. The third-order valence-corrected chi connectivity index (χ3v) is 4.53. The van der Waals surface area contributed by atoms with Crippen LogP contribution < -0.4 is 20.5 Å². The zero-order valence-electron chi connectivity index (χ0n) is 17.3. The molecule has 0 saturated heterocycles. The highest BCUT2D eigenvalue weighted by molar-refractivity contribution is 6.00. The first kappa shape index (κ1) is 23.3. The highest BCUT2D eigenvalue weighted by atomic mass is 35.5. The average molecular weight is 431 g/mol. The summed E-state index contributed by atoms with van der Waals surface area (Å²) in [5.74, 6) is 1.03. The van der Waals surface area contributed by atoms with Gasteiger partial charge < -0.3 is 20.5 Å². The quantitative estimate of drug-likeness (QED) is 0.571. The van der Waals surface area contributed by atoms with Crippen molar-refractivity contribution in [1.29, 1.82) is 0 Å². The molecule has 0 bridgehead atoms. The minimum atomic E-state index is -0.208.